The van der Waals surface area contributed by atoms with E-state index in [1.165, 1.54) is 24.0 Å². The first kappa shape index (κ1) is 41.3. The molecule has 0 aliphatic heterocycles. The first-order valence-corrected chi connectivity index (χ1v) is 18.9. The summed E-state index contributed by atoms with van der Waals surface area (Å²) < 4.78 is 26.8. The van der Waals surface area contributed by atoms with Gasteiger partial charge in [-0.2, -0.15) is 0 Å². The van der Waals surface area contributed by atoms with E-state index < -0.39 is 68.5 Å². The van der Waals surface area contributed by atoms with Gasteiger partial charge in [-0.3, -0.25) is 19.2 Å². The van der Waals surface area contributed by atoms with Gasteiger partial charge in [0.05, 0.1) is 22.2 Å². The molecule has 272 valence electrons. The predicted octanol–water partition coefficient (Wildman–Crippen LogP) is 3.50. The van der Waals surface area contributed by atoms with Crippen molar-refractivity contribution in [2.24, 2.45) is 5.41 Å². The van der Waals surface area contributed by atoms with Crippen LogP contribution in [0, 0.1) is 17.8 Å². The first-order valence-electron chi connectivity index (χ1n) is 17.2. The van der Waals surface area contributed by atoms with Gasteiger partial charge in [-0.25, -0.2) is 13.2 Å². The lowest BCUT2D eigenvalue weighted by Gasteiger charge is -2.40. The van der Waals surface area contributed by atoms with Crippen LogP contribution in [0.25, 0.3) is 0 Å². The molecule has 0 heterocycles. The second-order valence-electron chi connectivity index (χ2n) is 13.9. The Kier molecular flexibility index (Phi) is 15.8. The number of carbonyl (C=O) groups excluding carboxylic acids is 5. The summed E-state index contributed by atoms with van der Waals surface area (Å²) in [5.41, 5.74) is -1.82. The molecule has 12 nitrogen and oxygen atoms in total. The molecule has 1 aliphatic rings. The summed E-state index contributed by atoms with van der Waals surface area (Å²) in [4.78, 5) is 68.3. The molecule has 0 spiro atoms. The molecule has 5 amide bonds. The largest absolute Gasteiger partial charge is 0.348 e. The standard InChI is InChI=1S/C36H55N5O7S/c1-8-11-23-37-32(44)29(42)28(18-9-2)38-31(43)26(4)41(24-10-3)33(45)30(35(5,6)7)39-34(46)40-36(21-16-13-17-22-36)25-49(47,48)27-19-14-12-15-20-27/h1,12,14-15,19-20,26,28,30H,9-11,13,16-18,21-25H2,2-7H3,(H,37,44)(H,38,43)(H2,39,40,46)/t26-,28?,30+/m0/s1. The van der Waals surface area contributed by atoms with Crippen molar-refractivity contribution in [1.29, 1.82) is 0 Å². The Bertz CT molecular complexity index is 1440. The Labute approximate surface area is 292 Å². The average molecular weight is 702 g/mol. The normalized spacial score (nSPS) is 16.2. The van der Waals surface area contributed by atoms with Gasteiger partial charge in [0.15, 0.2) is 9.84 Å². The third-order valence-electron chi connectivity index (χ3n) is 8.73. The Balaban J connectivity index is 2.28. The molecule has 0 saturated heterocycles. The molecule has 1 fully saturated rings. The van der Waals surface area contributed by atoms with E-state index in [9.17, 15) is 32.4 Å². The van der Waals surface area contributed by atoms with Crippen LogP contribution in [-0.4, -0.2) is 85.4 Å². The van der Waals surface area contributed by atoms with Crippen molar-refractivity contribution < 1.29 is 32.4 Å². The number of hydrogen-bond acceptors (Lipinski definition) is 7. The molecule has 49 heavy (non-hydrogen) atoms. The summed E-state index contributed by atoms with van der Waals surface area (Å²) in [5, 5.41) is 10.9. The minimum Gasteiger partial charge on any atom is -0.348 e. The third kappa shape index (κ3) is 12.2. The number of ketones is 1. The SMILES string of the molecule is C#CCCNC(=O)C(=O)C(CCC)NC(=O)[C@H](C)N(CCC)C(=O)[C@@H](NC(=O)NC1(CS(=O)(=O)c2ccccc2)CCCCC1)C(C)(C)C. The summed E-state index contributed by atoms with van der Waals surface area (Å²) in [6, 6.07) is 4.24. The second-order valence-corrected chi connectivity index (χ2v) is 15.9. The van der Waals surface area contributed by atoms with Crippen LogP contribution >= 0.6 is 0 Å². The maximum absolute atomic E-state index is 14.2. The number of benzene rings is 1. The van der Waals surface area contributed by atoms with Gasteiger partial charge in [0.1, 0.15) is 12.1 Å². The van der Waals surface area contributed by atoms with Gasteiger partial charge in [-0.15, -0.1) is 12.3 Å². The lowest BCUT2D eigenvalue weighted by molar-refractivity contribution is -0.145. The van der Waals surface area contributed by atoms with E-state index in [0.29, 0.717) is 25.7 Å². The fourth-order valence-corrected chi connectivity index (χ4v) is 7.88. The Morgan fingerprint density at radius 1 is 0.980 bits per heavy atom. The molecule has 2 rings (SSSR count). The zero-order chi connectivity index (χ0) is 36.8. The maximum Gasteiger partial charge on any atom is 0.315 e. The lowest BCUT2D eigenvalue weighted by atomic mass is 9.83. The van der Waals surface area contributed by atoms with Gasteiger partial charge in [0, 0.05) is 19.5 Å². The van der Waals surface area contributed by atoms with E-state index in [1.54, 1.807) is 39.0 Å². The summed E-state index contributed by atoms with van der Waals surface area (Å²) in [6.45, 7) is 10.9. The molecule has 0 aromatic heterocycles. The number of hydrogen-bond donors (Lipinski definition) is 4. The van der Waals surface area contributed by atoms with Gasteiger partial charge < -0.3 is 26.2 Å². The van der Waals surface area contributed by atoms with E-state index >= 15 is 0 Å². The molecule has 1 unspecified atom stereocenters. The number of sulfone groups is 1. The Hall–Kier alpha value is -3.92. The van der Waals surface area contributed by atoms with E-state index in [1.807, 2.05) is 13.8 Å². The maximum atomic E-state index is 14.2. The van der Waals surface area contributed by atoms with Crippen LogP contribution in [0.1, 0.15) is 99.3 Å². The third-order valence-corrected chi connectivity index (χ3v) is 10.7. The molecule has 13 heteroatoms. The van der Waals surface area contributed by atoms with Crippen molar-refractivity contribution in [2.45, 2.75) is 128 Å². The van der Waals surface area contributed by atoms with Gasteiger partial charge in [-0.1, -0.05) is 78.5 Å². The number of rotatable bonds is 17. The van der Waals surface area contributed by atoms with E-state index in [4.69, 9.17) is 6.42 Å². The molecular formula is C36H55N5O7S. The molecule has 1 aromatic rings. The highest BCUT2D eigenvalue weighted by Crippen LogP contribution is 2.32. The molecule has 0 radical (unpaired) electrons. The van der Waals surface area contributed by atoms with E-state index in [0.717, 1.165) is 19.3 Å². The van der Waals surface area contributed by atoms with Crippen LogP contribution in [-0.2, 0) is 29.0 Å². The fourth-order valence-electron chi connectivity index (χ4n) is 6.05. The van der Waals surface area contributed by atoms with Crippen molar-refractivity contribution in [3.8, 4) is 12.3 Å². The van der Waals surface area contributed by atoms with Crippen LogP contribution in [0.5, 0.6) is 0 Å². The molecule has 1 saturated carbocycles. The Morgan fingerprint density at radius 3 is 2.16 bits per heavy atom. The minimum atomic E-state index is -3.73. The van der Waals surface area contributed by atoms with Crippen LogP contribution in [0.15, 0.2) is 35.2 Å². The van der Waals surface area contributed by atoms with Gasteiger partial charge in [0.2, 0.25) is 17.6 Å². The van der Waals surface area contributed by atoms with Crippen LogP contribution in [0.4, 0.5) is 4.79 Å². The monoisotopic (exact) mass is 701 g/mol. The molecule has 1 aliphatic carbocycles. The minimum absolute atomic E-state index is 0.127. The highest BCUT2D eigenvalue weighted by atomic mass is 32.2. The smallest absolute Gasteiger partial charge is 0.315 e. The number of urea groups is 1. The second kappa shape index (κ2) is 18.7. The summed E-state index contributed by atoms with van der Waals surface area (Å²) in [6.07, 6.45) is 10.1. The number of carbonyl (C=O) groups is 5. The predicted molar refractivity (Wildman–Crippen MR) is 189 cm³/mol. The zero-order valence-corrected chi connectivity index (χ0v) is 30.7. The zero-order valence-electron chi connectivity index (χ0n) is 29.9. The highest BCUT2D eigenvalue weighted by molar-refractivity contribution is 7.91. The van der Waals surface area contributed by atoms with Crippen molar-refractivity contribution in [1.82, 2.24) is 26.2 Å². The number of nitrogens with zero attached hydrogens (tertiary/aromatic N) is 1. The molecule has 4 N–H and O–H groups in total. The topological polar surface area (TPSA) is 171 Å². The van der Waals surface area contributed by atoms with Crippen LogP contribution < -0.4 is 21.3 Å². The number of Topliss-reactive ketones (excluding diaryl/α,β-unsaturated/α-hetero) is 1. The van der Waals surface area contributed by atoms with Crippen molar-refractivity contribution in [2.75, 3.05) is 18.8 Å². The fraction of sp³-hybridized carbons (Fsp3) is 0.639. The number of amides is 5. The van der Waals surface area contributed by atoms with Crippen molar-refractivity contribution in [3.63, 3.8) is 0 Å². The van der Waals surface area contributed by atoms with Crippen LogP contribution in [0.2, 0.25) is 0 Å². The van der Waals surface area contributed by atoms with E-state index in [2.05, 4.69) is 27.2 Å². The Morgan fingerprint density at radius 2 is 1.61 bits per heavy atom. The van der Waals surface area contributed by atoms with Gasteiger partial charge >= 0.3 is 6.03 Å². The average Bonchev–Trinajstić information content (AvgIpc) is 3.05. The molecule has 0 bridgehead atoms. The highest BCUT2D eigenvalue weighted by Gasteiger charge is 2.42. The summed E-state index contributed by atoms with van der Waals surface area (Å²) in [5.74, 6) is -0.668. The summed E-state index contributed by atoms with van der Waals surface area (Å²) >= 11 is 0. The lowest BCUT2D eigenvalue weighted by Crippen LogP contribution is -2.63. The van der Waals surface area contributed by atoms with Crippen molar-refractivity contribution >= 4 is 39.4 Å². The molecule has 3 atom stereocenters. The quantitative estimate of drug-likeness (QED) is 0.109. The first-order chi connectivity index (χ1) is 23.0. The summed E-state index contributed by atoms with van der Waals surface area (Å²) in [7, 11) is -3.73. The molecule has 1 aromatic carbocycles. The van der Waals surface area contributed by atoms with E-state index in [-0.39, 0.29) is 36.6 Å². The van der Waals surface area contributed by atoms with Crippen molar-refractivity contribution in [3.05, 3.63) is 30.3 Å². The number of nitrogens with one attached hydrogen (secondary N) is 4. The number of terminal acetylenes is 1. The molecular weight excluding hydrogens is 646 g/mol. The van der Waals surface area contributed by atoms with Gasteiger partial charge in [0.25, 0.3) is 5.91 Å². The van der Waals surface area contributed by atoms with Crippen LogP contribution in [0.3, 0.4) is 0 Å². The van der Waals surface area contributed by atoms with Gasteiger partial charge in [-0.05, 0) is 50.2 Å².